The van der Waals surface area contributed by atoms with Crippen LogP contribution < -0.4 is 11.0 Å². The minimum absolute atomic E-state index is 0. The van der Waals surface area contributed by atoms with E-state index in [4.69, 9.17) is 5.73 Å². The summed E-state index contributed by atoms with van der Waals surface area (Å²) >= 11 is 0. The third-order valence-electron chi connectivity index (χ3n) is 1.95. The maximum atomic E-state index is 11.9. The van der Waals surface area contributed by atoms with Crippen LogP contribution in [0.1, 0.15) is 5.56 Å². The molecule has 0 radical (unpaired) electrons. The van der Waals surface area contributed by atoms with Gasteiger partial charge in [-0.05, 0) is 18.9 Å². The van der Waals surface area contributed by atoms with Crippen LogP contribution in [-0.4, -0.2) is 19.9 Å². The first kappa shape index (κ1) is 14.4. The maximum absolute atomic E-state index is 11.9. The van der Waals surface area contributed by atoms with Crippen molar-refractivity contribution in [2.75, 3.05) is 19.9 Å². The molecule has 0 aromatic heterocycles. The molecular weight excluding hydrogens is 229 g/mol. The lowest BCUT2D eigenvalue weighted by Gasteiger charge is -2.10. The van der Waals surface area contributed by atoms with E-state index in [0.717, 1.165) is 10.9 Å². The second kappa shape index (κ2) is 6.12. The number of hydrogen-bond donors (Lipinski definition) is 1. The van der Waals surface area contributed by atoms with Crippen LogP contribution in [0.15, 0.2) is 30.3 Å². The molecule has 1 rings (SSSR count). The minimum Gasteiger partial charge on any atom is -0.327 e. The lowest BCUT2D eigenvalue weighted by Crippen LogP contribution is -2.06. The quantitative estimate of drug-likeness (QED) is 0.831. The van der Waals surface area contributed by atoms with E-state index in [2.05, 4.69) is 0 Å². The molecule has 0 fully saturated rings. The first-order chi connectivity index (χ1) is 6.55. The van der Waals surface area contributed by atoms with Crippen LogP contribution >= 0.6 is 19.5 Å². The van der Waals surface area contributed by atoms with Crippen molar-refractivity contribution < 1.29 is 4.57 Å². The van der Waals surface area contributed by atoms with Crippen LogP contribution in [0.5, 0.6) is 0 Å². The van der Waals surface area contributed by atoms with E-state index >= 15 is 0 Å². The number of rotatable bonds is 3. The van der Waals surface area contributed by atoms with Crippen molar-refractivity contribution in [1.82, 2.24) is 0 Å². The number of benzene rings is 1. The van der Waals surface area contributed by atoms with E-state index in [1.165, 1.54) is 0 Å². The maximum Gasteiger partial charge on any atom is 0.110 e. The van der Waals surface area contributed by atoms with Crippen molar-refractivity contribution in [3.05, 3.63) is 35.9 Å². The van der Waals surface area contributed by atoms with E-state index in [1.807, 2.05) is 36.4 Å². The number of halogens is 1. The first-order valence-electron chi connectivity index (χ1n) is 4.57. The molecule has 0 saturated carbocycles. The summed E-state index contributed by atoms with van der Waals surface area (Å²) in [7, 11) is -2.19. The van der Waals surface area contributed by atoms with Crippen LogP contribution in [0, 0.1) is 0 Å². The zero-order valence-corrected chi connectivity index (χ0v) is 10.7. The van der Waals surface area contributed by atoms with Gasteiger partial charge in [0.05, 0.1) is 0 Å². The molecule has 15 heavy (non-hydrogen) atoms. The highest BCUT2D eigenvalue weighted by atomic mass is 35.5. The standard InChI is InChI=1S/C11H16NOP.ClH/c1-14(2,13)11-8-4-3-6-10(11)7-5-9-12;/h3-8H,9,12H2,1-2H3;1H/b7-5+;. The molecule has 0 amide bonds. The van der Waals surface area contributed by atoms with E-state index in [0.29, 0.717) is 6.54 Å². The molecule has 0 aliphatic heterocycles. The van der Waals surface area contributed by atoms with Gasteiger partial charge in [-0.25, -0.2) is 0 Å². The Bertz CT molecular complexity index is 384. The van der Waals surface area contributed by atoms with Gasteiger partial charge in [0.1, 0.15) is 7.14 Å². The Morgan fingerprint density at radius 1 is 1.33 bits per heavy atom. The Kier molecular flexibility index (Phi) is 5.89. The van der Waals surface area contributed by atoms with Gasteiger partial charge in [-0.15, -0.1) is 12.4 Å². The Balaban J connectivity index is 0.00000196. The summed E-state index contributed by atoms with van der Waals surface area (Å²) in [5, 5.41) is 0.921. The lowest BCUT2D eigenvalue weighted by atomic mass is 10.2. The monoisotopic (exact) mass is 245 g/mol. The van der Waals surface area contributed by atoms with Gasteiger partial charge in [0, 0.05) is 11.8 Å². The van der Waals surface area contributed by atoms with E-state index in [9.17, 15) is 4.57 Å². The van der Waals surface area contributed by atoms with Gasteiger partial charge < -0.3 is 10.3 Å². The fourth-order valence-electron chi connectivity index (χ4n) is 1.31. The number of nitrogens with two attached hydrogens (primary N) is 1. The van der Waals surface area contributed by atoms with E-state index < -0.39 is 7.14 Å². The predicted molar refractivity (Wildman–Crippen MR) is 70.9 cm³/mol. The first-order valence-corrected chi connectivity index (χ1v) is 7.17. The van der Waals surface area contributed by atoms with Crippen LogP contribution in [-0.2, 0) is 4.57 Å². The third-order valence-corrected chi connectivity index (χ3v) is 3.52. The van der Waals surface area contributed by atoms with Crippen molar-refractivity contribution in [3.63, 3.8) is 0 Å². The van der Waals surface area contributed by atoms with Crippen molar-refractivity contribution in [2.24, 2.45) is 5.73 Å². The average Bonchev–Trinajstić information content (AvgIpc) is 2.14. The second-order valence-corrected chi connectivity index (χ2v) is 6.73. The second-order valence-electron chi connectivity index (χ2n) is 3.55. The summed E-state index contributed by atoms with van der Waals surface area (Å²) in [4.78, 5) is 0. The molecule has 2 N–H and O–H groups in total. The summed E-state index contributed by atoms with van der Waals surface area (Å²) in [5.74, 6) is 0. The summed E-state index contributed by atoms with van der Waals surface area (Å²) < 4.78 is 11.9. The van der Waals surface area contributed by atoms with Gasteiger partial charge in [0.2, 0.25) is 0 Å². The average molecular weight is 246 g/mol. The molecule has 1 aromatic carbocycles. The molecule has 0 heterocycles. The van der Waals surface area contributed by atoms with E-state index in [1.54, 1.807) is 13.3 Å². The van der Waals surface area contributed by atoms with Gasteiger partial charge >= 0.3 is 0 Å². The third kappa shape index (κ3) is 4.21. The molecule has 4 heteroatoms. The molecule has 0 spiro atoms. The Hall–Kier alpha value is -0.560. The van der Waals surface area contributed by atoms with Crippen molar-refractivity contribution in [1.29, 1.82) is 0 Å². The van der Waals surface area contributed by atoms with Gasteiger partial charge in [-0.2, -0.15) is 0 Å². The summed E-state index contributed by atoms with van der Waals surface area (Å²) in [6.07, 6.45) is 3.80. The topological polar surface area (TPSA) is 43.1 Å². The smallest absolute Gasteiger partial charge is 0.110 e. The van der Waals surface area contributed by atoms with Gasteiger partial charge in [0.25, 0.3) is 0 Å². The van der Waals surface area contributed by atoms with Gasteiger partial charge in [-0.1, -0.05) is 36.4 Å². The van der Waals surface area contributed by atoms with Crippen LogP contribution in [0.4, 0.5) is 0 Å². The highest BCUT2D eigenvalue weighted by Gasteiger charge is 2.13. The molecule has 2 nitrogen and oxygen atoms in total. The molecule has 0 atom stereocenters. The molecule has 0 aliphatic rings. The normalized spacial score (nSPS) is 11.4. The SMILES string of the molecule is CP(C)(=O)c1ccccc1/C=C/CN.Cl. The van der Waals surface area contributed by atoms with E-state index in [-0.39, 0.29) is 12.4 Å². The Morgan fingerprint density at radius 3 is 2.47 bits per heavy atom. The van der Waals surface area contributed by atoms with Gasteiger partial charge in [-0.3, -0.25) is 0 Å². The fourth-order valence-corrected chi connectivity index (χ4v) is 2.53. The Labute approximate surface area is 97.3 Å². The van der Waals surface area contributed by atoms with Crippen LogP contribution in [0.2, 0.25) is 0 Å². The largest absolute Gasteiger partial charge is 0.327 e. The highest BCUT2D eigenvalue weighted by Crippen LogP contribution is 2.36. The number of hydrogen-bond acceptors (Lipinski definition) is 2. The zero-order valence-electron chi connectivity index (χ0n) is 9.01. The molecule has 0 saturated heterocycles. The molecular formula is C11H17ClNOP. The minimum atomic E-state index is -2.19. The summed E-state index contributed by atoms with van der Waals surface area (Å²) in [5.41, 5.74) is 6.39. The van der Waals surface area contributed by atoms with Crippen molar-refractivity contribution in [3.8, 4) is 0 Å². The summed E-state index contributed by atoms with van der Waals surface area (Å²) in [6.45, 7) is 4.07. The van der Waals surface area contributed by atoms with Gasteiger partial charge in [0.15, 0.2) is 0 Å². The molecule has 0 aliphatic carbocycles. The molecule has 0 bridgehead atoms. The molecule has 0 unspecified atom stereocenters. The zero-order chi connectivity index (χ0) is 10.6. The van der Waals surface area contributed by atoms with Crippen molar-refractivity contribution >= 4 is 30.9 Å². The Morgan fingerprint density at radius 2 is 1.93 bits per heavy atom. The van der Waals surface area contributed by atoms with Crippen LogP contribution in [0.3, 0.4) is 0 Å². The molecule has 1 aromatic rings. The van der Waals surface area contributed by atoms with Crippen molar-refractivity contribution in [2.45, 2.75) is 0 Å². The fraction of sp³-hybridized carbons (Fsp3) is 0.273. The highest BCUT2D eigenvalue weighted by molar-refractivity contribution is 7.70. The molecule has 84 valence electrons. The lowest BCUT2D eigenvalue weighted by molar-refractivity contribution is 0.588. The predicted octanol–water partition coefficient (Wildman–Crippen LogP) is 2.33. The summed E-state index contributed by atoms with van der Waals surface area (Å²) in [6, 6.07) is 7.72. The van der Waals surface area contributed by atoms with Crippen LogP contribution in [0.25, 0.3) is 6.08 Å².